The zero-order valence-electron chi connectivity index (χ0n) is 21.2. The summed E-state index contributed by atoms with van der Waals surface area (Å²) in [5.74, 6) is -1.07. The number of unbranched alkanes of at least 4 members (excludes halogenated alkanes) is 1. The Morgan fingerprint density at radius 3 is 1.80 bits per heavy atom. The number of carbonyl (C=O) groups excluding carboxylic acids is 1. The van der Waals surface area contributed by atoms with E-state index in [1.807, 2.05) is 0 Å². The van der Waals surface area contributed by atoms with E-state index in [0.717, 1.165) is 24.3 Å². The van der Waals surface area contributed by atoms with E-state index in [9.17, 15) is 41.9 Å². The molecule has 0 N–H and O–H groups in total. The minimum absolute atomic E-state index is 0.0100. The lowest BCUT2D eigenvalue weighted by Crippen LogP contribution is -2.29. The maximum atomic E-state index is 12.9. The van der Waals surface area contributed by atoms with Crippen LogP contribution in [0.5, 0.6) is 0 Å². The molecule has 0 aliphatic rings. The fourth-order valence-corrected chi connectivity index (χ4v) is 5.87. The molecule has 0 heterocycles. The van der Waals surface area contributed by atoms with Gasteiger partial charge >= 0.3 is 26.2 Å². The highest BCUT2D eigenvalue weighted by atomic mass is 32.2. The first-order chi connectivity index (χ1) is 19.4. The van der Waals surface area contributed by atoms with Gasteiger partial charge in [0.2, 0.25) is 0 Å². The molecule has 0 radical (unpaired) electrons. The van der Waals surface area contributed by atoms with Crippen molar-refractivity contribution in [3.05, 3.63) is 105 Å². The topological polar surface area (TPSA) is 199 Å². The monoisotopic (exact) mass is 608 g/mol. The molecule has 0 spiro atoms. The molecule has 218 valence electrons. The Morgan fingerprint density at radius 1 is 0.732 bits per heavy atom. The van der Waals surface area contributed by atoms with Gasteiger partial charge in [-0.3, -0.25) is 28.6 Å². The summed E-state index contributed by atoms with van der Waals surface area (Å²) < 4.78 is 65.9. The van der Waals surface area contributed by atoms with Crippen LogP contribution in [0.25, 0.3) is 0 Å². The molecule has 0 saturated heterocycles. The number of nitrogens with zero attached hydrogens (tertiary/aromatic N) is 2. The first kappa shape index (κ1) is 31.3. The van der Waals surface area contributed by atoms with Gasteiger partial charge in [0, 0.05) is 12.1 Å². The molecule has 0 fully saturated rings. The highest BCUT2D eigenvalue weighted by molar-refractivity contribution is 7.87. The summed E-state index contributed by atoms with van der Waals surface area (Å²) in [6.45, 7) is -0.653. The van der Waals surface area contributed by atoms with Crippen molar-refractivity contribution in [2.45, 2.75) is 41.8 Å². The van der Waals surface area contributed by atoms with Crippen LogP contribution in [0.3, 0.4) is 0 Å². The summed E-state index contributed by atoms with van der Waals surface area (Å²) in [5, 5.41) is 22.5. The third-order valence-corrected chi connectivity index (χ3v) is 8.22. The first-order valence-corrected chi connectivity index (χ1v) is 14.7. The molecular weight excluding hydrogens is 584 g/mol. The van der Waals surface area contributed by atoms with Crippen LogP contribution in [0.4, 0.5) is 11.4 Å². The summed E-state index contributed by atoms with van der Waals surface area (Å²) in [7, 11) is -9.31. The quantitative estimate of drug-likeness (QED) is 0.0793. The van der Waals surface area contributed by atoms with Gasteiger partial charge in [-0.25, -0.2) is 4.79 Å². The standard InChI is InChI=1S/C25H24N2O12S2/c28-25(37-18-19-10-2-1-3-11-19)22(39-41(35,36)24-16-7-5-13-21(24)27(31)32)14-8-9-17-38-40(33,34)23-15-6-4-12-20(23)26(29)30/h1-7,10-13,15-16,22H,8-9,14,17-18H2. The first-order valence-electron chi connectivity index (χ1n) is 11.9. The molecule has 16 heteroatoms. The van der Waals surface area contributed by atoms with Gasteiger partial charge in [0.25, 0.3) is 11.4 Å². The second kappa shape index (κ2) is 13.9. The van der Waals surface area contributed by atoms with Crippen molar-refractivity contribution in [3.63, 3.8) is 0 Å². The Morgan fingerprint density at radius 2 is 1.24 bits per heavy atom. The second-order valence-electron chi connectivity index (χ2n) is 8.35. The van der Waals surface area contributed by atoms with Crippen molar-refractivity contribution in [1.29, 1.82) is 0 Å². The zero-order chi connectivity index (χ0) is 30.0. The van der Waals surface area contributed by atoms with E-state index in [1.165, 1.54) is 24.3 Å². The van der Waals surface area contributed by atoms with E-state index >= 15 is 0 Å². The molecule has 3 aromatic rings. The fraction of sp³-hybridized carbons (Fsp3) is 0.240. The van der Waals surface area contributed by atoms with Gasteiger partial charge in [-0.05, 0) is 37.0 Å². The molecule has 41 heavy (non-hydrogen) atoms. The normalized spacial score (nSPS) is 12.4. The minimum Gasteiger partial charge on any atom is -0.459 e. The van der Waals surface area contributed by atoms with Crippen LogP contribution < -0.4 is 0 Å². The fourth-order valence-electron chi connectivity index (χ4n) is 3.53. The molecule has 14 nitrogen and oxygen atoms in total. The number of nitro benzene ring substituents is 2. The van der Waals surface area contributed by atoms with Crippen molar-refractivity contribution in [2.75, 3.05) is 6.61 Å². The van der Waals surface area contributed by atoms with Gasteiger partial charge in [-0.15, -0.1) is 0 Å². The Bertz CT molecular complexity index is 1610. The lowest BCUT2D eigenvalue weighted by molar-refractivity contribution is -0.388. The summed E-state index contributed by atoms with van der Waals surface area (Å²) in [5.41, 5.74) is -0.811. The maximum Gasteiger partial charge on any atom is 0.337 e. The van der Waals surface area contributed by atoms with Crippen molar-refractivity contribution >= 4 is 37.6 Å². The zero-order valence-corrected chi connectivity index (χ0v) is 22.9. The summed E-state index contributed by atoms with van der Waals surface area (Å²) in [6, 6.07) is 17.6. The molecule has 0 aromatic heterocycles. The molecule has 0 aliphatic heterocycles. The van der Waals surface area contributed by atoms with Gasteiger partial charge in [0.05, 0.1) is 16.5 Å². The van der Waals surface area contributed by atoms with Gasteiger partial charge in [-0.2, -0.15) is 16.8 Å². The van der Waals surface area contributed by atoms with Crippen LogP contribution in [-0.2, 0) is 44.7 Å². The Kier molecular flexibility index (Phi) is 10.6. The van der Waals surface area contributed by atoms with Crippen LogP contribution in [0.1, 0.15) is 24.8 Å². The van der Waals surface area contributed by atoms with Crippen LogP contribution in [-0.4, -0.2) is 45.4 Å². The number of esters is 1. The van der Waals surface area contributed by atoms with Gasteiger partial charge in [0.15, 0.2) is 15.9 Å². The summed E-state index contributed by atoms with van der Waals surface area (Å²) in [4.78, 5) is 32.1. The molecule has 3 rings (SSSR count). The predicted octanol–water partition coefficient (Wildman–Crippen LogP) is 3.90. The van der Waals surface area contributed by atoms with Crippen molar-refractivity contribution in [3.8, 4) is 0 Å². The second-order valence-corrected chi connectivity index (χ2v) is 11.5. The van der Waals surface area contributed by atoms with E-state index in [4.69, 9.17) is 13.1 Å². The molecule has 0 amide bonds. The minimum atomic E-state index is -4.81. The molecule has 1 unspecified atom stereocenters. The Labute approximate surface area is 235 Å². The van der Waals surface area contributed by atoms with Gasteiger partial charge in [0.1, 0.15) is 6.61 Å². The average molecular weight is 609 g/mol. The number of hydrogen-bond acceptors (Lipinski definition) is 12. The largest absolute Gasteiger partial charge is 0.459 e. The van der Waals surface area contributed by atoms with Crippen LogP contribution in [0.2, 0.25) is 0 Å². The lowest BCUT2D eigenvalue weighted by atomic mass is 10.1. The third-order valence-electron chi connectivity index (χ3n) is 5.49. The van der Waals surface area contributed by atoms with Gasteiger partial charge in [-0.1, -0.05) is 54.6 Å². The van der Waals surface area contributed by atoms with Crippen LogP contribution in [0, 0.1) is 20.2 Å². The van der Waals surface area contributed by atoms with E-state index in [2.05, 4.69) is 0 Å². The van der Waals surface area contributed by atoms with Crippen molar-refractivity contribution in [1.82, 2.24) is 0 Å². The smallest absolute Gasteiger partial charge is 0.337 e. The number of rotatable bonds is 15. The number of ether oxygens (including phenoxy) is 1. The number of carbonyl (C=O) groups is 1. The molecule has 0 aliphatic carbocycles. The number of benzene rings is 3. The highest BCUT2D eigenvalue weighted by Crippen LogP contribution is 2.27. The molecule has 1 atom stereocenters. The van der Waals surface area contributed by atoms with Crippen LogP contribution in [0.15, 0.2) is 88.7 Å². The highest BCUT2D eigenvalue weighted by Gasteiger charge is 2.33. The lowest BCUT2D eigenvalue weighted by Gasteiger charge is -2.17. The predicted molar refractivity (Wildman–Crippen MR) is 141 cm³/mol. The average Bonchev–Trinajstić information content (AvgIpc) is 2.95. The van der Waals surface area contributed by atoms with Gasteiger partial charge < -0.3 is 4.74 Å². The van der Waals surface area contributed by atoms with E-state index in [0.29, 0.717) is 5.56 Å². The number of nitro groups is 2. The van der Waals surface area contributed by atoms with E-state index < -0.39 is 69.9 Å². The number of hydrogen-bond donors (Lipinski definition) is 0. The van der Waals surface area contributed by atoms with E-state index in [1.54, 1.807) is 30.3 Å². The Balaban J connectivity index is 1.70. The third kappa shape index (κ3) is 8.62. The summed E-state index contributed by atoms with van der Waals surface area (Å²) >= 11 is 0. The maximum absolute atomic E-state index is 12.9. The molecule has 0 bridgehead atoms. The summed E-state index contributed by atoms with van der Waals surface area (Å²) in [6.07, 6.45) is -2.06. The Hall–Kier alpha value is -4.25. The van der Waals surface area contributed by atoms with Crippen LogP contribution >= 0.6 is 0 Å². The van der Waals surface area contributed by atoms with E-state index in [-0.39, 0.29) is 25.9 Å². The molecular formula is C25H24N2O12S2. The molecule has 0 saturated carbocycles. The van der Waals surface area contributed by atoms with Crippen molar-refractivity contribution < 1.29 is 44.6 Å². The molecule has 3 aromatic carbocycles. The SMILES string of the molecule is O=C(OCc1ccccc1)C(CCCCOS(=O)(=O)c1ccccc1[N+](=O)[O-])OS(=O)(=O)c1ccccc1[N+](=O)[O-]. The van der Waals surface area contributed by atoms with Crippen molar-refractivity contribution in [2.24, 2.45) is 0 Å². The number of para-hydroxylation sites is 2.